The third-order valence-corrected chi connectivity index (χ3v) is 4.85. The van der Waals surface area contributed by atoms with E-state index >= 15 is 0 Å². The maximum atomic E-state index is 13.0. The van der Waals surface area contributed by atoms with E-state index in [0.29, 0.717) is 23.1 Å². The lowest BCUT2D eigenvalue weighted by Gasteiger charge is -2.34. The Hall–Kier alpha value is -2.80. The van der Waals surface area contributed by atoms with Crippen LogP contribution in [0.3, 0.4) is 0 Å². The van der Waals surface area contributed by atoms with Gasteiger partial charge in [-0.2, -0.15) is 0 Å². The van der Waals surface area contributed by atoms with Crippen molar-refractivity contribution in [3.8, 4) is 16.6 Å². The first-order valence-corrected chi connectivity index (χ1v) is 8.94. The van der Waals surface area contributed by atoms with Crippen LogP contribution in [0.2, 0.25) is 0 Å². The van der Waals surface area contributed by atoms with Gasteiger partial charge < -0.3 is 4.74 Å². The lowest BCUT2D eigenvalue weighted by Crippen LogP contribution is -2.43. The molecule has 0 bridgehead atoms. The highest BCUT2D eigenvalue weighted by Crippen LogP contribution is 2.35. The maximum Gasteiger partial charge on any atom is 0.278 e. The molecule has 0 N–H and O–H groups in total. The van der Waals surface area contributed by atoms with E-state index in [1.807, 2.05) is 24.3 Å². The summed E-state index contributed by atoms with van der Waals surface area (Å²) in [5, 5.41) is 2.39. The normalized spacial score (nSPS) is 16.2. The molecule has 3 heterocycles. The summed E-state index contributed by atoms with van der Waals surface area (Å²) in [6.45, 7) is 2.57. The second-order valence-corrected chi connectivity index (χ2v) is 6.50. The van der Waals surface area contributed by atoms with E-state index < -0.39 is 0 Å². The highest BCUT2D eigenvalue weighted by molar-refractivity contribution is 7.13. The second-order valence-electron chi connectivity index (χ2n) is 5.64. The van der Waals surface area contributed by atoms with Gasteiger partial charge >= 0.3 is 0 Å². The Morgan fingerprint density at radius 2 is 2.08 bits per heavy atom. The van der Waals surface area contributed by atoms with Gasteiger partial charge in [-0.1, -0.05) is 19.1 Å². The van der Waals surface area contributed by atoms with Crippen LogP contribution in [0.4, 0.5) is 5.69 Å². The average molecular weight is 352 g/mol. The first-order valence-electron chi connectivity index (χ1n) is 8.06. The summed E-state index contributed by atoms with van der Waals surface area (Å²) in [6.07, 6.45) is 4.14. The summed E-state index contributed by atoms with van der Waals surface area (Å²) in [5.74, 6) is 1.13. The molecule has 1 unspecified atom stereocenters. The van der Waals surface area contributed by atoms with E-state index in [-0.39, 0.29) is 12.0 Å². The van der Waals surface area contributed by atoms with Crippen molar-refractivity contribution < 1.29 is 9.53 Å². The zero-order chi connectivity index (χ0) is 17.2. The number of fused-ring (bicyclic) bond motifs is 1. The highest BCUT2D eigenvalue weighted by atomic mass is 32.1. The number of hydrogen-bond acceptors (Lipinski definition) is 6. The Morgan fingerprint density at radius 1 is 1.28 bits per heavy atom. The van der Waals surface area contributed by atoms with Crippen molar-refractivity contribution >= 4 is 22.9 Å². The molecule has 1 atom stereocenters. The van der Waals surface area contributed by atoms with Gasteiger partial charge in [0.25, 0.3) is 5.91 Å². The van der Waals surface area contributed by atoms with Crippen molar-refractivity contribution in [2.75, 3.05) is 11.4 Å². The fraction of sp³-hybridized carbons (Fsp3) is 0.222. The number of carbonyl (C=O) groups excluding carboxylic acids is 1. The van der Waals surface area contributed by atoms with E-state index in [1.54, 1.807) is 28.7 Å². The SMILES string of the molecule is CCC1CN(C(=O)c2csc(-c3ncccn3)n2)c2ccccc2O1. The number of anilines is 1. The molecule has 0 aliphatic carbocycles. The van der Waals surface area contributed by atoms with Gasteiger partial charge in [0, 0.05) is 17.8 Å². The van der Waals surface area contributed by atoms with Gasteiger partial charge in [-0.05, 0) is 24.6 Å². The average Bonchev–Trinajstić information content (AvgIpc) is 3.17. The van der Waals surface area contributed by atoms with Gasteiger partial charge in [-0.15, -0.1) is 11.3 Å². The summed E-state index contributed by atoms with van der Waals surface area (Å²) < 4.78 is 5.94. The summed E-state index contributed by atoms with van der Waals surface area (Å²) >= 11 is 1.37. The van der Waals surface area contributed by atoms with Crippen LogP contribution in [-0.2, 0) is 0 Å². The van der Waals surface area contributed by atoms with Crippen molar-refractivity contribution in [3.63, 3.8) is 0 Å². The quantitative estimate of drug-likeness (QED) is 0.722. The minimum atomic E-state index is -0.132. The number of carbonyl (C=O) groups is 1. The van der Waals surface area contributed by atoms with Gasteiger partial charge in [-0.25, -0.2) is 15.0 Å². The molecule has 7 heteroatoms. The molecule has 126 valence electrons. The molecule has 0 spiro atoms. The van der Waals surface area contributed by atoms with E-state index in [4.69, 9.17) is 4.74 Å². The predicted molar refractivity (Wildman–Crippen MR) is 96.0 cm³/mol. The lowest BCUT2D eigenvalue weighted by atomic mass is 10.1. The lowest BCUT2D eigenvalue weighted by molar-refractivity contribution is 0.0950. The minimum Gasteiger partial charge on any atom is -0.486 e. The zero-order valence-corrected chi connectivity index (χ0v) is 14.4. The molecule has 25 heavy (non-hydrogen) atoms. The van der Waals surface area contributed by atoms with E-state index in [9.17, 15) is 4.79 Å². The fourth-order valence-electron chi connectivity index (χ4n) is 2.73. The van der Waals surface area contributed by atoms with Gasteiger partial charge in [0.15, 0.2) is 10.8 Å². The van der Waals surface area contributed by atoms with Crippen LogP contribution in [0.25, 0.3) is 10.8 Å². The molecule has 0 radical (unpaired) electrons. The first kappa shape index (κ1) is 15.7. The second kappa shape index (κ2) is 6.60. The number of para-hydroxylation sites is 2. The van der Waals surface area contributed by atoms with Crippen molar-refractivity contribution in [1.29, 1.82) is 0 Å². The Balaban J connectivity index is 1.66. The van der Waals surface area contributed by atoms with E-state index in [1.165, 1.54) is 11.3 Å². The number of ether oxygens (including phenoxy) is 1. The Bertz CT molecular complexity index is 897. The van der Waals surface area contributed by atoms with Crippen LogP contribution in [0, 0.1) is 0 Å². The highest BCUT2D eigenvalue weighted by Gasteiger charge is 2.30. The van der Waals surface area contributed by atoms with Crippen LogP contribution in [0.15, 0.2) is 48.1 Å². The Kier molecular flexibility index (Phi) is 4.15. The van der Waals surface area contributed by atoms with Crippen LogP contribution in [0.5, 0.6) is 5.75 Å². The summed E-state index contributed by atoms with van der Waals surface area (Å²) in [5.41, 5.74) is 1.18. The molecule has 1 aliphatic rings. The van der Waals surface area contributed by atoms with Crippen LogP contribution in [0.1, 0.15) is 23.8 Å². The fourth-order valence-corrected chi connectivity index (χ4v) is 3.46. The third kappa shape index (κ3) is 2.98. The molecule has 2 aromatic heterocycles. The number of benzene rings is 1. The number of hydrogen-bond donors (Lipinski definition) is 0. The van der Waals surface area contributed by atoms with Gasteiger partial charge in [-0.3, -0.25) is 9.69 Å². The van der Waals surface area contributed by atoms with Crippen LogP contribution < -0.4 is 9.64 Å². The molecule has 0 saturated carbocycles. The van der Waals surface area contributed by atoms with E-state index in [0.717, 1.165) is 17.9 Å². The topological polar surface area (TPSA) is 68.2 Å². The summed E-state index contributed by atoms with van der Waals surface area (Å²) in [6, 6.07) is 9.35. The van der Waals surface area contributed by atoms with Crippen LogP contribution in [-0.4, -0.2) is 33.5 Å². The molecule has 0 fully saturated rings. The Labute approximate surface area is 149 Å². The molecule has 1 aromatic carbocycles. The molecule has 6 nitrogen and oxygen atoms in total. The summed E-state index contributed by atoms with van der Waals surface area (Å²) in [4.78, 5) is 27.6. The van der Waals surface area contributed by atoms with Gasteiger partial charge in [0.05, 0.1) is 12.2 Å². The molecule has 0 saturated heterocycles. The number of rotatable bonds is 3. The number of amides is 1. The maximum absolute atomic E-state index is 13.0. The largest absolute Gasteiger partial charge is 0.486 e. The number of thiazole rings is 1. The first-order chi connectivity index (χ1) is 12.3. The standard InChI is InChI=1S/C18H16N4O2S/c1-2-12-10-22(14-6-3-4-7-15(14)24-12)18(23)13-11-25-17(21-13)16-19-8-5-9-20-16/h3-9,11-12H,2,10H2,1H3. The van der Waals surface area contributed by atoms with Crippen molar-refractivity contribution in [1.82, 2.24) is 15.0 Å². The number of aromatic nitrogens is 3. The minimum absolute atomic E-state index is 0.0191. The third-order valence-electron chi connectivity index (χ3n) is 4.02. The van der Waals surface area contributed by atoms with Crippen molar-refractivity contribution in [2.45, 2.75) is 19.4 Å². The van der Waals surface area contributed by atoms with E-state index in [2.05, 4.69) is 21.9 Å². The molecule has 1 amide bonds. The molecular formula is C18H16N4O2S. The van der Waals surface area contributed by atoms with Crippen molar-refractivity contribution in [2.24, 2.45) is 0 Å². The molecule has 1 aliphatic heterocycles. The molecule has 3 aromatic rings. The molecular weight excluding hydrogens is 336 g/mol. The Morgan fingerprint density at radius 3 is 2.88 bits per heavy atom. The molecule has 4 rings (SSSR count). The predicted octanol–water partition coefficient (Wildman–Crippen LogP) is 3.42. The van der Waals surface area contributed by atoms with Crippen LogP contribution >= 0.6 is 11.3 Å². The van der Waals surface area contributed by atoms with Gasteiger partial charge in [0.2, 0.25) is 0 Å². The number of nitrogens with zero attached hydrogens (tertiary/aromatic N) is 4. The van der Waals surface area contributed by atoms with Crippen molar-refractivity contribution in [3.05, 3.63) is 53.8 Å². The monoisotopic (exact) mass is 352 g/mol. The smallest absolute Gasteiger partial charge is 0.278 e. The summed E-state index contributed by atoms with van der Waals surface area (Å²) in [7, 11) is 0. The van der Waals surface area contributed by atoms with Gasteiger partial charge in [0.1, 0.15) is 17.5 Å². The zero-order valence-electron chi connectivity index (χ0n) is 13.6.